The third-order valence-electron chi connectivity index (χ3n) is 17.4. The number of rotatable bonds is 5. The molecule has 0 aliphatic heterocycles. The standard InChI is InChI=1S/5C16H20N/c2*1-11-6-8-15(13(3)10-11)16-9-7-12(2)14(4)17(16)5;1-11-6-7-13(3)15(10-11)16-9-8-12(2)14(4)17(16)5;2*1-11-7-6-8-15(13(11)3)16-10-9-12(2)14(4)17(16)5/h5*6-10H,1-5H3/q5*+1/i1D3,2D3;;;1D3,2D3;. The molecule has 0 unspecified atom stereocenters. The second-order valence-corrected chi connectivity index (χ2v) is 23.1. The Morgan fingerprint density at radius 3 is 0.929 bits per heavy atom. The zero-order valence-corrected chi connectivity index (χ0v) is 54.7. The number of aromatic nitrogens is 5. The van der Waals surface area contributed by atoms with Gasteiger partial charge < -0.3 is 0 Å². The minimum absolute atomic E-state index is 0.299. The van der Waals surface area contributed by atoms with Gasteiger partial charge in [-0.1, -0.05) is 77.4 Å². The number of nitrogens with zero attached hydrogens (tertiary/aromatic N) is 5. The smallest absolute Gasteiger partial charge is 0.198 e. The Morgan fingerprint density at radius 1 is 0.224 bits per heavy atom. The Labute approximate surface area is 530 Å². The van der Waals surface area contributed by atoms with E-state index in [1.165, 1.54) is 101 Å². The normalized spacial score (nSPS) is 13.3. The molecule has 0 amide bonds. The molecule has 0 aliphatic carbocycles. The molecule has 0 saturated heterocycles. The van der Waals surface area contributed by atoms with Crippen LogP contribution < -0.4 is 22.8 Å². The first-order valence-electron chi connectivity index (χ1n) is 35.2. The largest absolute Gasteiger partial charge is 0.212 e. The summed E-state index contributed by atoms with van der Waals surface area (Å²) in [4.78, 5) is 0. The van der Waals surface area contributed by atoms with Gasteiger partial charge in [0.15, 0.2) is 28.5 Å². The van der Waals surface area contributed by atoms with E-state index in [1.54, 1.807) is 87.0 Å². The first-order valence-corrected chi connectivity index (χ1v) is 29.2. The van der Waals surface area contributed by atoms with Crippen LogP contribution in [0.25, 0.3) is 56.3 Å². The molecule has 0 aliphatic rings. The van der Waals surface area contributed by atoms with Gasteiger partial charge in [-0.3, -0.25) is 0 Å². The summed E-state index contributed by atoms with van der Waals surface area (Å²) in [6.45, 7) is 24.5. The third kappa shape index (κ3) is 15.4. The second-order valence-electron chi connectivity index (χ2n) is 23.1. The van der Waals surface area contributed by atoms with Crippen LogP contribution in [-0.4, -0.2) is 0 Å². The molecular weight excluding hydrogens is 1030 g/mol. The average Bonchev–Trinajstić information content (AvgIpc) is 0.795. The van der Waals surface area contributed by atoms with E-state index in [2.05, 4.69) is 209 Å². The molecule has 10 rings (SSSR count). The van der Waals surface area contributed by atoms with Crippen molar-refractivity contribution >= 4 is 0 Å². The molecule has 10 aromatic rings. The van der Waals surface area contributed by atoms with Gasteiger partial charge in [0.2, 0.25) is 28.5 Å². The summed E-state index contributed by atoms with van der Waals surface area (Å²) in [5, 5.41) is 0. The van der Waals surface area contributed by atoms with Gasteiger partial charge in [0.05, 0.1) is 0 Å². The average molecular weight is 1140 g/mol. The van der Waals surface area contributed by atoms with E-state index in [0.29, 0.717) is 39.2 Å². The van der Waals surface area contributed by atoms with Crippen molar-refractivity contribution in [2.24, 2.45) is 35.2 Å². The number of aryl methyl sites for hydroxylation is 13. The third-order valence-corrected chi connectivity index (χ3v) is 17.4. The first kappa shape index (κ1) is 50.2. The SMILES string of the molecule is Cc1ccc(-c2ccc(C)c(C)[n+]2C)c(C)c1.Cc1ccc(C)c(-c2ccc(C)c(C)[n+]2C)c1.Cc1cccc(-c2ccc(C)c(C)[n+]2C)c1C.[2H]C([2H])([2H])c1ccc(-c2ccc(C([2H])([2H])[2H])c(C)[n+]2C)c(C)c1.[2H]C([2H])([2H])c1cccc(-c2ccc(C([2H])([2H])[2H])c(C)[n+]2C)c1C. The molecular formula is C80H100N5+5. The quantitative estimate of drug-likeness (QED) is 0.153. The van der Waals surface area contributed by atoms with E-state index < -0.39 is 27.4 Å². The summed E-state index contributed by atoms with van der Waals surface area (Å²) in [7, 11) is 10.0. The van der Waals surface area contributed by atoms with Crippen LogP contribution >= 0.6 is 0 Å². The molecule has 5 aromatic carbocycles. The zero-order chi connectivity index (χ0) is 72.9. The van der Waals surface area contributed by atoms with E-state index in [4.69, 9.17) is 16.4 Å². The van der Waals surface area contributed by atoms with Gasteiger partial charge in [0.25, 0.3) is 0 Å². The summed E-state index contributed by atoms with van der Waals surface area (Å²) >= 11 is 0. The molecule has 0 N–H and O–H groups in total. The summed E-state index contributed by atoms with van der Waals surface area (Å²) < 4.78 is 101. The monoisotopic (exact) mass is 1140 g/mol. The Bertz CT molecular complexity index is 4480. The molecule has 5 heteroatoms. The first-order chi connectivity index (χ1) is 44.9. The van der Waals surface area contributed by atoms with Gasteiger partial charge in [-0.2, -0.15) is 22.8 Å². The summed E-state index contributed by atoms with van der Waals surface area (Å²) in [6.07, 6.45) is 0. The fourth-order valence-corrected chi connectivity index (χ4v) is 10.5. The van der Waals surface area contributed by atoms with Gasteiger partial charge in [0.1, 0.15) is 35.2 Å². The highest BCUT2D eigenvalue weighted by Crippen LogP contribution is 2.28. The van der Waals surface area contributed by atoms with Crippen molar-refractivity contribution in [2.45, 2.75) is 138 Å². The lowest BCUT2D eigenvalue weighted by molar-refractivity contribution is -0.667. The van der Waals surface area contributed by atoms with Crippen LogP contribution in [0.3, 0.4) is 0 Å². The van der Waals surface area contributed by atoms with Crippen molar-refractivity contribution in [3.05, 3.63) is 264 Å². The van der Waals surface area contributed by atoms with Gasteiger partial charge in [-0.25, -0.2) is 0 Å². The van der Waals surface area contributed by atoms with Crippen LogP contribution in [0.5, 0.6) is 0 Å². The van der Waals surface area contributed by atoms with Crippen LogP contribution in [0.15, 0.2) is 152 Å². The van der Waals surface area contributed by atoms with E-state index >= 15 is 0 Å². The predicted molar refractivity (Wildman–Crippen MR) is 360 cm³/mol. The number of hydrogen-bond donors (Lipinski definition) is 0. The molecule has 5 heterocycles. The fourth-order valence-electron chi connectivity index (χ4n) is 10.5. The highest BCUT2D eigenvalue weighted by molar-refractivity contribution is 5.66. The second kappa shape index (κ2) is 28.6. The molecule has 440 valence electrons. The molecule has 85 heavy (non-hydrogen) atoms. The Kier molecular flexibility index (Phi) is 16.9. The maximum Gasteiger partial charge on any atom is 0.212 e. The van der Waals surface area contributed by atoms with Gasteiger partial charge >= 0.3 is 0 Å². The minimum atomic E-state index is -2.17. The molecule has 0 spiro atoms. The molecule has 5 aromatic heterocycles. The van der Waals surface area contributed by atoms with Crippen LogP contribution in [0.4, 0.5) is 0 Å². The molecule has 5 nitrogen and oxygen atoms in total. The summed E-state index contributed by atoms with van der Waals surface area (Å²) in [6, 6.07) is 49.9. The maximum atomic E-state index is 7.64. The van der Waals surface area contributed by atoms with Crippen LogP contribution in [0, 0.1) is 138 Å². The Hall–Kier alpha value is -8.15. The maximum absolute atomic E-state index is 7.64. The number of hydrogen-bond acceptors (Lipinski definition) is 0. The summed E-state index contributed by atoms with van der Waals surface area (Å²) in [5.74, 6) is 0. The van der Waals surface area contributed by atoms with E-state index in [9.17, 15) is 0 Å². The van der Waals surface area contributed by atoms with Gasteiger partial charge in [0, 0.05) is 137 Å². The molecule has 0 fully saturated rings. The zero-order valence-electron chi connectivity index (χ0n) is 66.7. The fraction of sp³-hybridized carbons (Fsp3) is 0.312. The molecule has 0 saturated carbocycles. The van der Waals surface area contributed by atoms with Crippen LogP contribution in [0.1, 0.15) is 128 Å². The topological polar surface area (TPSA) is 19.4 Å². The van der Waals surface area contributed by atoms with Crippen molar-refractivity contribution in [1.29, 1.82) is 0 Å². The van der Waals surface area contributed by atoms with Crippen molar-refractivity contribution in [3.63, 3.8) is 0 Å². The Morgan fingerprint density at radius 2 is 0.529 bits per heavy atom. The van der Waals surface area contributed by atoms with Crippen LogP contribution in [0.2, 0.25) is 0 Å². The molecule has 0 atom stereocenters. The van der Waals surface area contributed by atoms with Crippen LogP contribution in [-0.2, 0) is 35.2 Å². The van der Waals surface area contributed by atoms with E-state index in [-0.39, 0.29) is 0 Å². The van der Waals surface area contributed by atoms with Crippen molar-refractivity contribution in [3.8, 4) is 56.3 Å². The summed E-state index contributed by atoms with van der Waals surface area (Å²) in [5.41, 5.74) is 31.2. The minimum Gasteiger partial charge on any atom is -0.198 e. The number of benzene rings is 5. The van der Waals surface area contributed by atoms with Gasteiger partial charge in [-0.15, -0.1) is 0 Å². The van der Waals surface area contributed by atoms with Crippen molar-refractivity contribution in [2.75, 3.05) is 0 Å². The van der Waals surface area contributed by atoms with Gasteiger partial charge in [-0.05, 0) is 203 Å². The highest BCUT2D eigenvalue weighted by Gasteiger charge is 2.21. The lowest BCUT2D eigenvalue weighted by Crippen LogP contribution is -2.35. The lowest BCUT2D eigenvalue weighted by Gasteiger charge is -2.09. The highest BCUT2D eigenvalue weighted by atomic mass is 15.0. The predicted octanol–water partition coefficient (Wildman–Crippen LogP) is 17.1. The van der Waals surface area contributed by atoms with Crippen molar-refractivity contribution in [1.82, 2.24) is 0 Å². The number of pyridine rings is 5. The van der Waals surface area contributed by atoms with E-state index in [0.717, 1.165) is 28.1 Å². The van der Waals surface area contributed by atoms with Crippen molar-refractivity contribution < 1.29 is 39.3 Å². The van der Waals surface area contributed by atoms with E-state index in [1.807, 2.05) is 24.6 Å². The molecule has 0 radical (unpaired) electrons. The Balaban J connectivity index is 0.000000193. The lowest BCUT2D eigenvalue weighted by atomic mass is 9.99. The molecule has 0 bridgehead atoms.